The third kappa shape index (κ3) is 4.43. The summed E-state index contributed by atoms with van der Waals surface area (Å²) in [5.74, 6) is 0.741. The number of morpholine rings is 1. The first-order valence-corrected chi connectivity index (χ1v) is 11.3. The van der Waals surface area contributed by atoms with Crippen molar-refractivity contribution in [2.45, 2.75) is 19.0 Å². The van der Waals surface area contributed by atoms with Gasteiger partial charge in [0.05, 0.1) is 43.8 Å². The van der Waals surface area contributed by atoms with Crippen LogP contribution in [-0.4, -0.2) is 69.4 Å². The summed E-state index contributed by atoms with van der Waals surface area (Å²) in [4.78, 5) is 23.2. The molecule has 2 fully saturated rings. The minimum absolute atomic E-state index is 0.120. The quantitative estimate of drug-likeness (QED) is 0.508. The third-order valence-corrected chi connectivity index (χ3v) is 6.75. The molecule has 0 radical (unpaired) electrons. The number of aromatic nitrogens is 4. The maximum absolute atomic E-state index is 12.0. The summed E-state index contributed by atoms with van der Waals surface area (Å²) in [5.41, 5.74) is 6.45. The van der Waals surface area contributed by atoms with Gasteiger partial charge < -0.3 is 21.1 Å². The summed E-state index contributed by atoms with van der Waals surface area (Å²) in [6, 6.07) is -0.120. The van der Waals surface area contributed by atoms with Crippen LogP contribution >= 0.6 is 11.6 Å². The van der Waals surface area contributed by atoms with E-state index in [2.05, 4.69) is 42.8 Å². The molecule has 5 rings (SSSR count). The van der Waals surface area contributed by atoms with Crippen LogP contribution in [0.3, 0.4) is 0 Å². The molecule has 1 saturated heterocycles. The van der Waals surface area contributed by atoms with Gasteiger partial charge in [-0.05, 0) is 18.3 Å². The topological polar surface area (TPSA) is 123 Å². The van der Waals surface area contributed by atoms with Gasteiger partial charge in [-0.25, -0.2) is 4.98 Å². The number of hydrogen-bond donors (Lipinski definition) is 3. The number of hydrogen-bond acceptors (Lipinski definition) is 8. The molecule has 2 aliphatic carbocycles. The Bertz CT molecular complexity index is 1010. The highest BCUT2D eigenvalue weighted by Crippen LogP contribution is 2.45. The van der Waals surface area contributed by atoms with Crippen molar-refractivity contribution in [3.63, 3.8) is 0 Å². The van der Waals surface area contributed by atoms with E-state index >= 15 is 0 Å². The summed E-state index contributed by atoms with van der Waals surface area (Å²) in [7, 11) is 0. The number of primary amides is 1. The summed E-state index contributed by atoms with van der Waals surface area (Å²) >= 11 is 6.35. The lowest BCUT2D eigenvalue weighted by Gasteiger charge is -2.27. The average molecular weight is 459 g/mol. The van der Waals surface area contributed by atoms with Crippen LogP contribution in [-0.2, 0) is 16.1 Å². The van der Waals surface area contributed by atoms with Gasteiger partial charge in [0, 0.05) is 31.9 Å². The number of allylic oxidation sites excluding steroid dienone is 1. The smallest absolute Gasteiger partial charge is 0.229 e. The molecule has 0 aromatic carbocycles. The van der Waals surface area contributed by atoms with Crippen LogP contribution in [0, 0.1) is 17.8 Å². The van der Waals surface area contributed by atoms with E-state index in [1.54, 1.807) is 12.4 Å². The molecule has 0 unspecified atom stereocenters. The normalized spacial score (nSPS) is 27.0. The first-order chi connectivity index (χ1) is 15.6. The van der Waals surface area contributed by atoms with Gasteiger partial charge in [0.25, 0.3) is 0 Å². The van der Waals surface area contributed by atoms with E-state index in [9.17, 15) is 4.79 Å². The molecule has 2 bridgehead atoms. The molecule has 3 heterocycles. The van der Waals surface area contributed by atoms with E-state index in [0.29, 0.717) is 16.8 Å². The lowest BCUT2D eigenvalue weighted by Crippen LogP contribution is -2.41. The van der Waals surface area contributed by atoms with Crippen LogP contribution in [0.15, 0.2) is 30.7 Å². The van der Waals surface area contributed by atoms with Crippen LogP contribution in [0.4, 0.5) is 17.5 Å². The minimum atomic E-state index is -0.299. The molecule has 1 amide bonds. The number of nitrogens with one attached hydrogen (secondary N) is 2. The van der Waals surface area contributed by atoms with Gasteiger partial charge >= 0.3 is 0 Å². The van der Waals surface area contributed by atoms with Gasteiger partial charge in [-0.3, -0.25) is 14.4 Å². The van der Waals surface area contributed by atoms with Crippen molar-refractivity contribution in [3.05, 3.63) is 35.8 Å². The lowest BCUT2D eigenvalue weighted by atomic mass is 9.88. The lowest BCUT2D eigenvalue weighted by molar-refractivity contribution is -0.122. The fraction of sp³-hybridized carbons (Fsp3) is 0.524. The van der Waals surface area contributed by atoms with E-state index in [1.807, 2.05) is 10.9 Å². The Balaban J connectivity index is 1.23. The number of ether oxygens (including phenoxy) is 1. The van der Waals surface area contributed by atoms with E-state index in [-0.39, 0.29) is 29.7 Å². The number of rotatable bonds is 8. The Morgan fingerprint density at radius 2 is 2.03 bits per heavy atom. The molecule has 170 valence electrons. The van der Waals surface area contributed by atoms with Gasteiger partial charge in [0.15, 0.2) is 5.82 Å². The highest BCUT2D eigenvalue weighted by Gasteiger charge is 2.47. The summed E-state index contributed by atoms with van der Waals surface area (Å²) in [6.45, 7) is 5.20. The van der Waals surface area contributed by atoms with Crippen molar-refractivity contribution in [1.82, 2.24) is 24.6 Å². The van der Waals surface area contributed by atoms with E-state index in [4.69, 9.17) is 22.1 Å². The summed E-state index contributed by atoms with van der Waals surface area (Å²) < 4.78 is 7.28. The molecule has 1 saturated carbocycles. The van der Waals surface area contributed by atoms with Gasteiger partial charge in [-0.15, -0.1) is 0 Å². The van der Waals surface area contributed by atoms with E-state index in [1.165, 1.54) is 0 Å². The Morgan fingerprint density at radius 1 is 1.22 bits per heavy atom. The molecule has 32 heavy (non-hydrogen) atoms. The molecular weight excluding hydrogens is 432 g/mol. The molecule has 11 heteroatoms. The zero-order chi connectivity index (χ0) is 22.1. The standard InChI is InChI=1S/C21H27ClN8O2/c22-16-11-24-21(26-15-10-25-30(12-15)4-3-29-5-7-32-8-6-29)28-20(16)27-18-14-2-1-13(9-14)17(18)19(23)31/h1-2,10-14,17-18H,3-9H2,(H2,23,31)(H2,24,26,27,28)/t13-,14+,17+,18-/m0/s1. The Morgan fingerprint density at radius 3 is 2.84 bits per heavy atom. The Labute approximate surface area is 191 Å². The second-order valence-corrected chi connectivity index (χ2v) is 8.92. The van der Waals surface area contributed by atoms with Gasteiger partial charge in [-0.1, -0.05) is 23.8 Å². The molecule has 4 N–H and O–H groups in total. The van der Waals surface area contributed by atoms with Crippen molar-refractivity contribution in [2.75, 3.05) is 43.5 Å². The van der Waals surface area contributed by atoms with Gasteiger partial charge in [0.1, 0.15) is 5.02 Å². The number of fused-ring (bicyclic) bond motifs is 2. The van der Waals surface area contributed by atoms with Crippen molar-refractivity contribution in [1.29, 1.82) is 0 Å². The maximum Gasteiger partial charge on any atom is 0.229 e. The predicted molar refractivity (Wildman–Crippen MR) is 121 cm³/mol. The molecule has 0 spiro atoms. The molecule has 10 nitrogen and oxygen atoms in total. The van der Waals surface area contributed by atoms with Crippen LogP contribution in [0.5, 0.6) is 0 Å². The number of carbonyl (C=O) groups is 1. The second kappa shape index (κ2) is 9.05. The number of nitrogens with zero attached hydrogens (tertiary/aromatic N) is 5. The highest BCUT2D eigenvalue weighted by molar-refractivity contribution is 6.32. The molecular formula is C21H27ClN8O2. The second-order valence-electron chi connectivity index (χ2n) is 8.51. The zero-order valence-electron chi connectivity index (χ0n) is 17.7. The van der Waals surface area contributed by atoms with E-state index in [0.717, 1.165) is 51.5 Å². The van der Waals surface area contributed by atoms with E-state index < -0.39 is 0 Å². The molecule has 2 aromatic rings. The molecule has 4 atom stereocenters. The van der Waals surface area contributed by atoms with Crippen molar-refractivity contribution < 1.29 is 9.53 Å². The van der Waals surface area contributed by atoms with Crippen molar-refractivity contribution in [2.24, 2.45) is 23.5 Å². The van der Waals surface area contributed by atoms with Crippen molar-refractivity contribution in [3.8, 4) is 0 Å². The number of nitrogens with two attached hydrogens (primary N) is 1. The van der Waals surface area contributed by atoms with Crippen LogP contribution in [0.25, 0.3) is 0 Å². The predicted octanol–water partition coefficient (Wildman–Crippen LogP) is 1.49. The minimum Gasteiger partial charge on any atom is -0.379 e. The fourth-order valence-corrected chi connectivity index (χ4v) is 4.99. The van der Waals surface area contributed by atoms with Gasteiger partial charge in [0.2, 0.25) is 11.9 Å². The highest BCUT2D eigenvalue weighted by atomic mass is 35.5. The Hall–Kier alpha value is -2.69. The largest absolute Gasteiger partial charge is 0.379 e. The SMILES string of the molecule is NC(=O)[C@H]1[C@@H](Nc2nc(Nc3cnn(CCN4CCOCC4)c3)ncc2Cl)[C@@H]2C=C[C@H]1C2. The maximum atomic E-state index is 12.0. The summed E-state index contributed by atoms with van der Waals surface area (Å²) in [5, 5.41) is 11.3. The third-order valence-electron chi connectivity index (χ3n) is 6.47. The monoisotopic (exact) mass is 458 g/mol. The van der Waals surface area contributed by atoms with Crippen LogP contribution < -0.4 is 16.4 Å². The molecule has 3 aliphatic rings. The number of amides is 1. The number of anilines is 3. The van der Waals surface area contributed by atoms with Crippen LogP contribution in [0.1, 0.15) is 6.42 Å². The fourth-order valence-electron chi connectivity index (χ4n) is 4.84. The number of halogens is 1. The van der Waals surface area contributed by atoms with Crippen molar-refractivity contribution >= 4 is 35.0 Å². The molecule has 1 aliphatic heterocycles. The number of carbonyl (C=O) groups excluding carboxylic acids is 1. The van der Waals surface area contributed by atoms with Crippen LogP contribution in [0.2, 0.25) is 5.02 Å². The molecule has 2 aromatic heterocycles. The summed E-state index contributed by atoms with van der Waals surface area (Å²) in [6.07, 6.45) is 10.4. The average Bonchev–Trinajstić information content (AvgIpc) is 3.52. The van der Waals surface area contributed by atoms with Gasteiger partial charge in [-0.2, -0.15) is 10.1 Å². The first kappa shape index (κ1) is 21.2. The Kier molecular flexibility index (Phi) is 5.99. The zero-order valence-corrected chi connectivity index (χ0v) is 18.4. The first-order valence-electron chi connectivity index (χ1n) is 10.9.